The molecule has 32 heavy (non-hydrogen) atoms. The van der Waals surface area contributed by atoms with E-state index >= 15 is 0 Å². The quantitative estimate of drug-likeness (QED) is 0.484. The zero-order chi connectivity index (χ0) is 23.3. The highest BCUT2D eigenvalue weighted by molar-refractivity contribution is 7.15. The van der Waals surface area contributed by atoms with Crippen LogP contribution >= 0.6 is 11.3 Å². The van der Waals surface area contributed by atoms with E-state index < -0.39 is 5.97 Å². The van der Waals surface area contributed by atoms with E-state index in [9.17, 15) is 14.0 Å². The Morgan fingerprint density at radius 1 is 1.28 bits per heavy atom. The molecule has 0 aliphatic rings. The lowest BCUT2D eigenvalue weighted by Gasteiger charge is -2.25. The molecule has 0 fully saturated rings. The number of hydrogen-bond donors (Lipinski definition) is 1. The first-order valence-electron chi connectivity index (χ1n) is 10.3. The lowest BCUT2D eigenvalue weighted by atomic mass is 10.0. The molecule has 1 aromatic carbocycles. The molecule has 1 N–H and O–H groups in total. The van der Waals surface area contributed by atoms with Crippen molar-refractivity contribution in [2.45, 2.75) is 33.4 Å². The van der Waals surface area contributed by atoms with E-state index in [1.165, 1.54) is 23.5 Å². The van der Waals surface area contributed by atoms with Crippen molar-refractivity contribution < 1.29 is 18.7 Å². The monoisotopic (exact) mass is 458 g/mol. The molecule has 0 saturated carbocycles. The average Bonchev–Trinajstić information content (AvgIpc) is 3.34. The van der Waals surface area contributed by atoms with Crippen molar-refractivity contribution in [1.82, 2.24) is 14.7 Å². The van der Waals surface area contributed by atoms with Crippen LogP contribution in [-0.2, 0) is 23.1 Å². The molecule has 0 atom stereocenters. The predicted molar refractivity (Wildman–Crippen MR) is 123 cm³/mol. The van der Waals surface area contributed by atoms with Crippen LogP contribution in [0.2, 0.25) is 0 Å². The number of halogens is 1. The summed E-state index contributed by atoms with van der Waals surface area (Å²) in [5.74, 6) is -1.13. The zero-order valence-electron chi connectivity index (χ0n) is 18.6. The summed E-state index contributed by atoms with van der Waals surface area (Å²) < 4.78 is 20.3. The Hall–Kier alpha value is -3.04. The van der Waals surface area contributed by atoms with Crippen LogP contribution in [0.4, 0.5) is 9.39 Å². The average molecular weight is 459 g/mol. The smallest absolute Gasteiger partial charge is 0.341 e. The molecule has 0 bridgehead atoms. The number of nitrogens with one attached hydrogen (secondary N) is 1. The minimum absolute atomic E-state index is 0.128. The summed E-state index contributed by atoms with van der Waals surface area (Å²) in [7, 11) is 1.85. The number of thiophene rings is 1. The van der Waals surface area contributed by atoms with E-state index in [1.54, 1.807) is 35.3 Å². The SMILES string of the molecule is CCOC(=O)c1c(-c2ccc(F)cc2)csc1NC(=O)CN(Cc1cnn(C)c1)C(C)C. The number of esters is 1. The van der Waals surface area contributed by atoms with Crippen molar-refractivity contribution in [2.24, 2.45) is 7.05 Å². The van der Waals surface area contributed by atoms with Crippen molar-refractivity contribution in [3.63, 3.8) is 0 Å². The van der Waals surface area contributed by atoms with E-state index in [4.69, 9.17) is 4.74 Å². The standard InChI is InChI=1S/C23H27FN4O3S/c1-5-31-23(30)21-19(17-6-8-18(24)9-7-17)14-32-22(21)26-20(29)13-28(15(2)3)12-16-10-25-27(4)11-16/h6-11,14-15H,5,12-13H2,1-4H3,(H,26,29). The first-order chi connectivity index (χ1) is 15.3. The van der Waals surface area contributed by atoms with Crippen molar-refractivity contribution in [3.05, 3.63) is 59.0 Å². The summed E-state index contributed by atoms with van der Waals surface area (Å²) in [6.07, 6.45) is 3.70. The lowest BCUT2D eigenvalue weighted by Crippen LogP contribution is -2.37. The number of rotatable bonds is 9. The molecule has 1 amide bonds. The second kappa shape index (κ2) is 10.5. The van der Waals surface area contributed by atoms with Gasteiger partial charge in [0.15, 0.2) is 0 Å². The molecule has 0 aliphatic heterocycles. The summed E-state index contributed by atoms with van der Waals surface area (Å²) >= 11 is 1.24. The van der Waals surface area contributed by atoms with Crippen LogP contribution in [0.1, 0.15) is 36.7 Å². The van der Waals surface area contributed by atoms with E-state index in [2.05, 4.69) is 10.4 Å². The molecule has 3 aromatic rings. The van der Waals surface area contributed by atoms with E-state index in [-0.39, 0.29) is 36.5 Å². The number of aromatic nitrogens is 2. The number of carbonyl (C=O) groups is 2. The van der Waals surface area contributed by atoms with E-state index in [0.29, 0.717) is 22.7 Å². The fourth-order valence-electron chi connectivity index (χ4n) is 3.26. The summed E-state index contributed by atoms with van der Waals surface area (Å²) in [5, 5.41) is 9.23. The molecule has 170 valence electrons. The molecule has 2 heterocycles. The van der Waals surface area contributed by atoms with Gasteiger partial charge in [0.2, 0.25) is 5.91 Å². The van der Waals surface area contributed by atoms with Crippen LogP contribution in [0.25, 0.3) is 11.1 Å². The summed E-state index contributed by atoms with van der Waals surface area (Å²) in [5.41, 5.74) is 2.56. The third-order valence-corrected chi connectivity index (χ3v) is 5.80. The maximum Gasteiger partial charge on any atom is 0.341 e. The van der Waals surface area contributed by atoms with Crippen LogP contribution in [0.15, 0.2) is 42.0 Å². The molecule has 2 aromatic heterocycles. The van der Waals surface area contributed by atoms with Gasteiger partial charge < -0.3 is 10.1 Å². The van der Waals surface area contributed by atoms with Gasteiger partial charge in [-0.25, -0.2) is 9.18 Å². The second-order valence-corrected chi connectivity index (χ2v) is 8.53. The van der Waals surface area contributed by atoms with Gasteiger partial charge in [0.05, 0.1) is 19.3 Å². The van der Waals surface area contributed by atoms with Crippen molar-refractivity contribution in [1.29, 1.82) is 0 Å². The Kier molecular flexibility index (Phi) is 7.76. The molecule has 3 rings (SSSR count). The predicted octanol–water partition coefficient (Wildman–Crippen LogP) is 4.31. The van der Waals surface area contributed by atoms with Gasteiger partial charge in [-0.15, -0.1) is 11.3 Å². The number of carbonyl (C=O) groups excluding carboxylic acids is 2. The highest BCUT2D eigenvalue weighted by Crippen LogP contribution is 2.36. The van der Waals surface area contributed by atoms with Gasteiger partial charge in [0, 0.05) is 42.3 Å². The molecular formula is C23H27FN4O3S. The van der Waals surface area contributed by atoms with Crippen LogP contribution in [0.3, 0.4) is 0 Å². The summed E-state index contributed by atoms with van der Waals surface area (Å²) in [4.78, 5) is 27.6. The van der Waals surface area contributed by atoms with Crippen LogP contribution < -0.4 is 5.32 Å². The molecular weight excluding hydrogens is 431 g/mol. The Bertz CT molecular complexity index is 1080. The maximum absolute atomic E-state index is 13.3. The van der Waals surface area contributed by atoms with E-state index in [1.807, 2.05) is 32.0 Å². The largest absolute Gasteiger partial charge is 0.462 e. The first kappa shape index (κ1) is 23.6. The normalized spacial score (nSPS) is 11.2. The Morgan fingerprint density at radius 2 is 2.00 bits per heavy atom. The van der Waals surface area contributed by atoms with Gasteiger partial charge >= 0.3 is 5.97 Å². The highest BCUT2D eigenvalue weighted by Gasteiger charge is 2.24. The Labute approximate surface area is 190 Å². The number of nitrogens with zero attached hydrogens (tertiary/aromatic N) is 3. The van der Waals surface area contributed by atoms with Gasteiger partial charge in [-0.1, -0.05) is 12.1 Å². The number of ether oxygens (including phenoxy) is 1. The number of hydrogen-bond acceptors (Lipinski definition) is 6. The highest BCUT2D eigenvalue weighted by atomic mass is 32.1. The fourth-order valence-corrected chi connectivity index (χ4v) is 4.23. The third kappa shape index (κ3) is 5.80. The van der Waals surface area contributed by atoms with E-state index in [0.717, 1.165) is 5.56 Å². The first-order valence-corrected chi connectivity index (χ1v) is 11.2. The van der Waals surface area contributed by atoms with Crippen LogP contribution in [0, 0.1) is 5.82 Å². The number of aryl methyl sites for hydroxylation is 1. The Morgan fingerprint density at radius 3 is 2.59 bits per heavy atom. The van der Waals surface area contributed by atoms with Crippen LogP contribution in [0.5, 0.6) is 0 Å². The Balaban J connectivity index is 1.81. The molecule has 0 radical (unpaired) electrons. The minimum Gasteiger partial charge on any atom is -0.462 e. The number of amides is 1. The second-order valence-electron chi connectivity index (χ2n) is 7.65. The van der Waals surface area contributed by atoms with Gasteiger partial charge in [-0.05, 0) is 38.5 Å². The van der Waals surface area contributed by atoms with Crippen molar-refractivity contribution in [2.75, 3.05) is 18.5 Å². The van der Waals surface area contributed by atoms with Crippen LogP contribution in [-0.4, -0.2) is 45.8 Å². The van der Waals surface area contributed by atoms with Gasteiger partial charge in [-0.3, -0.25) is 14.4 Å². The molecule has 0 saturated heterocycles. The number of anilines is 1. The fraction of sp³-hybridized carbons (Fsp3) is 0.348. The molecule has 7 nitrogen and oxygen atoms in total. The number of benzene rings is 1. The molecule has 0 spiro atoms. The van der Waals surface area contributed by atoms with Gasteiger partial charge in [0.25, 0.3) is 0 Å². The molecule has 9 heteroatoms. The zero-order valence-corrected chi connectivity index (χ0v) is 19.4. The van der Waals surface area contributed by atoms with Crippen molar-refractivity contribution >= 4 is 28.2 Å². The van der Waals surface area contributed by atoms with Crippen molar-refractivity contribution in [3.8, 4) is 11.1 Å². The molecule has 0 aliphatic carbocycles. The minimum atomic E-state index is -0.528. The van der Waals surface area contributed by atoms with Gasteiger partial charge in [-0.2, -0.15) is 5.10 Å². The molecule has 0 unspecified atom stereocenters. The lowest BCUT2D eigenvalue weighted by molar-refractivity contribution is -0.117. The summed E-state index contributed by atoms with van der Waals surface area (Å²) in [6, 6.07) is 5.99. The topological polar surface area (TPSA) is 76.5 Å². The third-order valence-electron chi connectivity index (χ3n) is 4.90. The summed E-state index contributed by atoms with van der Waals surface area (Å²) in [6.45, 7) is 6.70. The maximum atomic E-state index is 13.3. The van der Waals surface area contributed by atoms with Gasteiger partial charge in [0.1, 0.15) is 16.4 Å².